The number of para-hydroxylation sites is 1. The third-order valence-electron chi connectivity index (χ3n) is 4.88. The fraction of sp³-hybridized carbons (Fsp3) is 0.227. The third kappa shape index (κ3) is 5.13. The van der Waals surface area contributed by atoms with E-state index in [0.29, 0.717) is 43.2 Å². The summed E-state index contributed by atoms with van der Waals surface area (Å²) in [6.45, 7) is 4.56. The van der Waals surface area contributed by atoms with Crippen molar-refractivity contribution in [2.75, 3.05) is 20.3 Å². The molecule has 8 nitrogen and oxygen atoms in total. The lowest BCUT2D eigenvalue weighted by Gasteiger charge is -2.26. The minimum Gasteiger partial charge on any atom is -0.497 e. The van der Waals surface area contributed by atoms with E-state index in [4.69, 9.17) is 4.74 Å². The first-order valence-corrected chi connectivity index (χ1v) is 11.1. The van der Waals surface area contributed by atoms with Crippen molar-refractivity contribution in [1.82, 2.24) is 14.8 Å². The van der Waals surface area contributed by atoms with E-state index in [1.54, 1.807) is 31.4 Å². The van der Waals surface area contributed by atoms with Gasteiger partial charge in [0.15, 0.2) is 0 Å². The van der Waals surface area contributed by atoms with Gasteiger partial charge in [0.05, 0.1) is 25.2 Å². The van der Waals surface area contributed by atoms with E-state index >= 15 is 0 Å². The number of benzene rings is 2. The molecule has 0 fully saturated rings. The SMILES string of the molecule is C=CCONC=O.COc1ccc(S(=O)(=O)N2CCc3c([nH]c4ccccc34)C2)cc1. The fourth-order valence-electron chi connectivity index (χ4n) is 3.41. The third-order valence-corrected chi connectivity index (χ3v) is 6.74. The van der Waals surface area contributed by atoms with Crippen LogP contribution in [0.15, 0.2) is 66.1 Å². The highest BCUT2D eigenvalue weighted by molar-refractivity contribution is 7.89. The lowest BCUT2D eigenvalue weighted by atomic mass is 10.1. The number of amides is 1. The molecule has 1 aromatic heterocycles. The number of rotatable bonds is 7. The predicted octanol–water partition coefficient (Wildman–Crippen LogP) is 2.77. The molecule has 2 heterocycles. The molecule has 2 aromatic carbocycles. The lowest BCUT2D eigenvalue weighted by Crippen LogP contribution is -2.35. The van der Waals surface area contributed by atoms with Crippen LogP contribution in [-0.4, -0.2) is 44.4 Å². The Morgan fingerprint density at radius 1 is 1.19 bits per heavy atom. The number of aromatic nitrogens is 1. The maximum Gasteiger partial charge on any atom is 0.243 e. The molecular formula is C22H25N3O5S. The van der Waals surface area contributed by atoms with Crippen LogP contribution >= 0.6 is 0 Å². The van der Waals surface area contributed by atoms with Gasteiger partial charge in [-0.05, 0) is 42.3 Å². The molecule has 0 saturated carbocycles. The van der Waals surface area contributed by atoms with Crippen LogP contribution in [0.4, 0.5) is 0 Å². The Balaban J connectivity index is 0.000000339. The number of carbonyl (C=O) groups is 1. The van der Waals surface area contributed by atoms with Gasteiger partial charge in [-0.3, -0.25) is 9.63 Å². The summed E-state index contributed by atoms with van der Waals surface area (Å²) in [7, 11) is -1.95. The summed E-state index contributed by atoms with van der Waals surface area (Å²) in [6.07, 6.45) is 2.72. The second-order valence-corrected chi connectivity index (χ2v) is 8.67. The highest BCUT2D eigenvalue weighted by Crippen LogP contribution is 2.30. The molecule has 0 radical (unpaired) electrons. The maximum atomic E-state index is 12.9. The quantitative estimate of drug-likeness (QED) is 0.253. The fourth-order valence-corrected chi connectivity index (χ4v) is 4.82. The minimum absolute atomic E-state index is 0.294. The summed E-state index contributed by atoms with van der Waals surface area (Å²) in [6, 6.07) is 14.6. The average Bonchev–Trinajstić information content (AvgIpc) is 3.18. The van der Waals surface area contributed by atoms with Crippen LogP contribution in [0.5, 0.6) is 5.75 Å². The van der Waals surface area contributed by atoms with Crippen LogP contribution in [0, 0.1) is 0 Å². The van der Waals surface area contributed by atoms with Gasteiger partial charge in [0.1, 0.15) is 5.75 Å². The van der Waals surface area contributed by atoms with Crippen LogP contribution in [-0.2, 0) is 32.6 Å². The van der Waals surface area contributed by atoms with E-state index in [2.05, 4.69) is 22.5 Å². The largest absolute Gasteiger partial charge is 0.497 e. The summed E-state index contributed by atoms with van der Waals surface area (Å²) in [5.41, 5.74) is 5.27. The summed E-state index contributed by atoms with van der Waals surface area (Å²) >= 11 is 0. The van der Waals surface area contributed by atoms with Crippen molar-refractivity contribution in [2.24, 2.45) is 0 Å². The van der Waals surface area contributed by atoms with Gasteiger partial charge < -0.3 is 9.72 Å². The second kappa shape index (κ2) is 10.3. The zero-order valence-corrected chi connectivity index (χ0v) is 18.0. The van der Waals surface area contributed by atoms with Crippen molar-refractivity contribution in [3.8, 4) is 5.75 Å². The number of nitrogens with zero attached hydrogens (tertiary/aromatic N) is 1. The smallest absolute Gasteiger partial charge is 0.243 e. The van der Waals surface area contributed by atoms with Crippen LogP contribution in [0.25, 0.3) is 10.9 Å². The molecule has 9 heteroatoms. The van der Waals surface area contributed by atoms with E-state index in [0.717, 1.165) is 11.2 Å². The molecule has 4 rings (SSSR count). The summed E-state index contributed by atoms with van der Waals surface area (Å²) in [5, 5.41) is 1.19. The zero-order chi connectivity index (χ0) is 22.3. The number of carbonyl (C=O) groups excluding carboxylic acids is 1. The second-order valence-electron chi connectivity index (χ2n) is 6.73. The number of nitrogens with one attached hydrogen (secondary N) is 2. The van der Waals surface area contributed by atoms with E-state index in [9.17, 15) is 13.2 Å². The summed E-state index contributed by atoms with van der Waals surface area (Å²) in [5.74, 6) is 0.644. The maximum absolute atomic E-state index is 12.9. The number of aromatic amines is 1. The van der Waals surface area contributed by atoms with Crippen molar-refractivity contribution in [3.05, 3.63) is 72.4 Å². The number of sulfonamides is 1. The van der Waals surface area contributed by atoms with E-state index in [-0.39, 0.29) is 0 Å². The molecule has 1 aliphatic heterocycles. The Labute approximate surface area is 181 Å². The van der Waals surface area contributed by atoms with Gasteiger partial charge in [-0.15, -0.1) is 6.58 Å². The zero-order valence-electron chi connectivity index (χ0n) is 17.2. The molecule has 31 heavy (non-hydrogen) atoms. The lowest BCUT2D eigenvalue weighted by molar-refractivity contribution is -0.119. The summed E-state index contributed by atoms with van der Waals surface area (Å²) in [4.78, 5) is 17.5. The predicted molar refractivity (Wildman–Crippen MR) is 118 cm³/mol. The number of fused-ring (bicyclic) bond motifs is 3. The average molecular weight is 444 g/mol. The van der Waals surface area contributed by atoms with Gasteiger partial charge in [0, 0.05) is 23.1 Å². The Morgan fingerprint density at radius 2 is 1.94 bits per heavy atom. The van der Waals surface area contributed by atoms with E-state index in [1.807, 2.05) is 23.7 Å². The Hall–Kier alpha value is -3.14. The molecule has 164 valence electrons. The normalized spacial score (nSPS) is 13.6. The Morgan fingerprint density at radius 3 is 2.61 bits per heavy atom. The monoisotopic (exact) mass is 443 g/mol. The molecule has 0 bridgehead atoms. The molecule has 2 N–H and O–H groups in total. The standard InChI is InChI=1S/C18H18N2O3S.C4H7NO2/c1-23-13-6-8-14(9-7-13)24(21,22)20-11-10-16-15-4-2-3-5-17(15)19-18(16)12-20;1-2-3-7-5-4-6/h2-9,19H,10-12H2,1H3;2,4H,1,3H2,(H,5,6). The van der Waals surface area contributed by atoms with Gasteiger partial charge in [-0.1, -0.05) is 24.3 Å². The molecule has 0 aliphatic carbocycles. The van der Waals surface area contributed by atoms with Gasteiger partial charge in [-0.2, -0.15) is 4.31 Å². The molecule has 1 aliphatic rings. The Bertz CT molecular complexity index is 1130. The van der Waals surface area contributed by atoms with Gasteiger partial charge in [0.25, 0.3) is 0 Å². The topological polar surface area (TPSA) is 101 Å². The molecular weight excluding hydrogens is 418 g/mol. The van der Waals surface area contributed by atoms with Gasteiger partial charge in [0.2, 0.25) is 16.4 Å². The molecule has 0 spiro atoms. The van der Waals surface area contributed by atoms with Crippen LogP contribution in [0.2, 0.25) is 0 Å². The van der Waals surface area contributed by atoms with Crippen molar-refractivity contribution >= 4 is 27.3 Å². The molecule has 3 aromatic rings. The first kappa shape index (κ1) is 22.5. The molecule has 1 amide bonds. The number of hydrogen-bond acceptors (Lipinski definition) is 5. The highest BCUT2D eigenvalue weighted by atomic mass is 32.2. The number of ether oxygens (including phenoxy) is 1. The van der Waals surface area contributed by atoms with Crippen molar-refractivity contribution < 1.29 is 22.8 Å². The molecule has 0 unspecified atom stereocenters. The van der Waals surface area contributed by atoms with Crippen LogP contribution in [0.1, 0.15) is 11.3 Å². The first-order valence-electron chi connectivity index (χ1n) is 9.65. The highest BCUT2D eigenvalue weighted by Gasteiger charge is 2.30. The van der Waals surface area contributed by atoms with Crippen molar-refractivity contribution in [2.45, 2.75) is 17.9 Å². The van der Waals surface area contributed by atoms with Crippen molar-refractivity contribution in [1.29, 1.82) is 0 Å². The Kier molecular flexibility index (Phi) is 7.45. The van der Waals surface area contributed by atoms with Crippen LogP contribution in [0.3, 0.4) is 0 Å². The first-order chi connectivity index (χ1) is 15.0. The number of hydrogen-bond donors (Lipinski definition) is 2. The molecule has 0 atom stereocenters. The minimum atomic E-state index is -3.51. The van der Waals surface area contributed by atoms with Crippen molar-refractivity contribution in [3.63, 3.8) is 0 Å². The number of methoxy groups -OCH3 is 1. The summed E-state index contributed by atoms with van der Waals surface area (Å²) < 4.78 is 32.4. The molecule has 0 saturated heterocycles. The van der Waals surface area contributed by atoms with Crippen LogP contribution < -0.4 is 10.2 Å². The van der Waals surface area contributed by atoms with Gasteiger partial charge >= 0.3 is 0 Å². The number of hydroxylamine groups is 1. The number of H-pyrrole nitrogens is 1. The van der Waals surface area contributed by atoms with Gasteiger partial charge in [-0.25, -0.2) is 13.9 Å². The van der Waals surface area contributed by atoms with E-state index in [1.165, 1.54) is 21.3 Å². The van der Waals surface area contributed by atoms with E-state index < -0.39 is 10.0 Å².